The highest BCUT2D eigenvalue weighted by atomic mass is 16.5. The highest BCUT2D eigenvalue weighted by Crippen LogP contribution is 2.42. The molecule has 2 aliphatic heterocycles. The van der Waals surface area contributed by atoms with Crippen molar-refractivity contribution in [2.24, 2.45) is 11.3 Å². The fourth-order valence-electron chi connectivity index (χ4n) is 3.79. The van der Waals surface area contributed by atoms with Gasteiger partial charge in [-0.3, -0.25) is 14.6 Å². The molecule has 2 fully saturated rings. The number of aromatic nitrogens is 2. The van der Waals surface area contributed by atoms with E-state index in [2.05, 4.69) is 15.3 Å². The molecule has 0 saturated carbocycles. The Morgan fingerprint density at radius 3 is 2.77 bits per heavy atom. The van der Waals surface area contributed by atoms with Crippen LogP contribution in [0.5, 0.6) is 5.88 Å². The fourth-order valence-corrected chi connectivity index (χ4v) is 3.79. The number of carbonyl (C=O) groups excluding carboxylic acids is 2. The quantitative estimate of drug-likeness (QED) is 0.892. The van der Waals surface area contributed by atoms with Gasteiger partial charge in [-0.25, -0.2) is 4.98 Å². The minimum Gasteiger partial charge on any atom is -0.477 e. The molecule has 2 atom stereocenters. The summed E-state index contributed by atoms with van der Waals surface area (Å²) in [6, 6.07) is 10.7. The van der Waals surface area contributed by atoms with E-state index in [1.165, 1.54) is 0 Å². The first-order chi connectivity index (χ1) is 12.7. The lowest BCUT2D eigenvalue weighted by atomic mass is 9.77. The van der Waals surface area contributed by atoms with Gasteiger partial charge in [-0.15, -0.1) is 0 Å². The number of nitrogens with one attached hydrogen (secondary N) is 1. The number of hydrogen-bond acceptors (Lipinski definition) is 5. The molecule has 0 aliphatic carbocycles. The summed E-state index contributed by atoms with van der Waals surface area (Å²) in [7, 11) is 0. The number of amides is 2. The third-order valence-corrected chi connectivity index (χ3v) is 5.28. The molecule has 26 heavy (non-hydrogen) atoms. The number of carbonyl (C=O) groups is 2. The van der Waals surface area contributed by atoms with E-state index in [0.717, 1.165) is 0 Å². The van der Waals surface area contributed by atoms with Crippen LogP contribution >= 0.6 is 0 Å². The second-order valence-corrected chi connectivity index (χ2v) is 6.73. The van der Waals surface area contributed by atoms with Crippen LogP contribution in [-0.2, 0) is 4.79 Å². The Balaban J connectivity index is 1.47. The van der Waals surface area contributed by atoms with Crippen molar-refractivity contribution in [3.63, 3.8) is 0 Å². The summed E-state index contributed by atoms with van der Waals surface area (Å²) in [5, 5.41) is 2.94. The van der Waals surface area contributed by atoms with E-state index < -0.39 is 5.41 Å². The fraction of sp³-hybridized carbons (Fsp3) is 0.368. The zero-order valence-electron chi connectivity index (χ0n) is 14.3. The monoisotopic (exact) mass is 352 g/mol. The van der Waals surface area contributed by atoms with Gasteiger partial charge in [0.15, 0.2) is 0 Å². The highest BCUT2D eigenvalue weighted by molar-refractivity contribution is 5.94. The topological polar surface area (TPSA) is 84.4 Å². The smallest absolute Gasteiger partial charge is 0.272 e. The highest BCUT2D eigenvalue weighted by Gasteiger charge is 2.55. The van der Waals surface area contributed by atoms with Gasteiger partial charge in [0, 0.05) is 44.0 Å². The first-order valence-electron chi connectivity index (χ1n) is 8.71. The lowest BCUT2D eigenvalue weighted by Crippen LogP contribution is -2.41. The van der Waals surface area contributed by atoms with E-state index in [-0.39, 0.29) is 17.7 Å². The maximum atomic E-state index is 12.7. The summed E-state index contributed by atoms with van der Waals surface area (Å²) >= 11 is 0. The van der Waals surface area contributed by atoms with Crippen LogP contribution in [0, 0.1) is 11.3 Å². The molecule has 134 valence electrons. The molecule has 2 amide bonds. The zero-order chi connectivity index (χ0) is 18.0. The minimum absolute atomic E-state index is 0.00135. The predicted molar refractivity (Wildman–Crippen MR) is 93.4 cm³/mol. The Labute approximate surface area is 151 Å². The van der Waals surface area contributed by atoms with Crippen molar-refractivity contribution in [1.29, 1.82) is 0 Å². The third kappa shape index (κ3) is 2.89. The van der Waals surface area contributed by atoms with Crippen molar-refractivity contribution in [1.82, 2.24) is 20.2 Å². The van der Waals surface area contributed by atoms with Crippen LogP contribution < -0.4 is 10.1 Å². The van der Waals surface area contributed by atoms with Crippen LogP contribution in [0.3, 0.4) is 0 Å². The molecule has 0 bridgehead atoms. The molecule has 2 aromatic heterocycles. The van der Waals surface area contributed by atoms with Crippen LogP contribution in [0.4, 0.5) is 0 Å². The second-order valence-electron chi connectivity index (χ2n) is 6.73. The molecule has 0 aromatic carbocycles. The molecule has 7 heteroatoms. The van der Waals surface area contributed by atoms with E-state index >= 15 is 0 Å². The minimum atomic E-state index is -0.598. The van der Waals surface area contributed by atoms with Crippen molar-refractivity contribution in [2.45, 2.75) is 6.42 Å². The molecular weight excluding hydrogens is 332 g/mol. The average Bonchev–Trinajstić information content (AvgIpc) is 3.27. The molecule has 4 heterocycles. The molecule has 4 rings (SSSR count). The molecule has 2 saturated heterocycles. The van der Waals surface area contributed by atoms with E-state index in [9.17, 15) is 9.59 Å². The Bertz CT molecular complexity index is 799. The summed E-state index contributed by atoms with van der Waals surface area (Å²) in [6.07, 6.45) is 3.91. The Kier molecular flexibility index (Phi) is 4.28. The van der Waals surface area contributed by atoms with Gasteiger partial charge in [-0.05, 0) is 24.6 Å². The molecule has 0 unspecified atom stereocenters. The van der Waals surface area contributed by atoms with E-state index in [0.29, 0.717) is 44.2 Å². The molecule has 7 nitrogen and oxygen atoms in total. The van der Waals surface area contributed by atoms with Gasteiger partial charge in [0.2, 0.25) is 11.8 Å². The molecule has 1 N–H and O–H groups in total. The van der Waals surface area contributed by atoms with Gasteiger partial charge < -0.3 is 15.0 Å². The molecular formula is C19H20N4O3. The van der Waals surface area contributed by atoms with Crippen molar-refractivity contribution >= 4 is 11.8 Å². The summed E-state index contributed by atoms with van der Waals surface area (Å²) in [5.74, 6) is 0.412. The zero-order valence-corrected chi connectivity index (χ0v) is 14.3. The first kappa shape index (κ1) is 16.5. The average molecular weight is 352 g/mol. The van der Waals surface area contributed by atoms with E-state index in [1.54, 1.807) is 41.6 Å². The number of pyridine rings is 2. The molecule has 2 aromatic rings. The van der Waals surface area contributed by atoms with Crippen LogP contribution in [0.1, 0.15) is 16.9 Å². The number of ether oxygens (including phenoxy) is 1. The van der Waals surface area contributed by atoms with E-state index in [1.807, 2.05) is 12.1 Å². The van der Waals surface area contributed by atoms with Gasteiger partial charge >= 0.3 is 0 Å². The number of rotatable bonds is 4. The number of nitrogens with zero attached hydrogens (tertiary/aromatic N) is 3. The van der Waals surface area contributed by atoms with Gasteiger partial charge in [-0.1, -0.05) is 12.1 Å². The van der Waals surface area contributed by atoms with Gasteiger partial charge in [0.05, 0.1) is 12.0 Å². The number of likely N-dealkylation sites (tertiary alicyclic amines) is 1. The SMILES string of the molecule is O=C(c1ccccn1)N1CC[C@@]2(C1)C(=O)NC[C@H]2COc1ccccn1. The van der Waals surface area contributed by atoms with Gasteiger partial charge in [0.25, 0.3) is 5.91 Å². The van der Waals surface area contributed by atoms with Gasteiger partial charge in [0.1, 0.15) is 5.69 Å². The Morgan fingerprint density at radius 2 is 2.04 bits per heavy atom. The molecule has 0 radical (unpaired) electrons. The van der Waals surface area contributed by atoms with E-state index in [4.69, 9.17) is 4.74 Å². The third-order valence-electron chi connectivity index (χ3n) is 5.28. The van der Waals surface area contributed by atoms with Crippen molar-refractivity contribution < 1.29 is 14.3 Å². The Hall–Kier alpha value is -2.96. The maximum absolute atomic E-state index is 12.7. The summed E-state index contributed by atoms with van der Waals surface area (Å²) < 4.78 is 5.79. The lowest BCUT2D eigenvalue weighted by Gasteiger charge is -2.27. The summed E-state index contributed by atoms with van der Waals surface area (Å²) in [4.78, 5) is 35.3. The van der Waals surface area contributed by atoms with Crippen molar-refractivity contribution in [3.05, 3.63) is 54.5 Å². The van der Waals surface area contributed by atoms with Crippen LogP contribution in [0.2, 0.25) is 0 Å². The lowest BCUT2D eigenvalue weighted by molar-refractivity contribution is -0.128. The standard InChI is InChI=1S/C19H20N4O3/c24-17(15-5-1-3-8-20-15)23-10-7-19(13-23)14(11-22-18(19)25)12-26-16-6-2-4-9-21-16/h1-6,8-9,14H,7,10-13H2,(H,22,25)/t14-,19-/m0/s1. The summed E-state index contributed by atoms with van der Waals surface area (Å²) in [5.41, 5.74) is -0.191. The van der Waals surface area contributed by atoms with Crippen LogP contribution in [0.15, 0.2) is 48.8 Å². The largest absolute Gasteiger partial charge is 0.477 e. The number of hydrogen-bond donors (Lipinski definition) is 1. The van der Waals surface area contributed by atoms with Crippen LogP contribution in [0.25, 0.3) is 0 Å². The maximum Gasteiger partial charge on any atom is 0.272 e. The first-order valence-corrected chi connectivity index (χ1v) is 8.71. The van der Waals surface area contributed by atoms with Gasteiger partial charge in [-0.2, -0.15) is 0 Å². The van der Waals surface area contributed by atoms with Crippen LogP contribution in [-0.4, -0.2) is 52.9 Å². The molecule has 1 spiro atoms. The summed E-state index contributed by atoms with van der Waals surface area (Å²) in [6.45, 7) is 1.88. The van der Waals surface area contributed by atoms with Crippen molar-refractivity contribution in [2.75, 3.05) is 26.2 Å². The Morgan fingerprint density at radius 1 is 1.23 bits per heavy atom. The second kappa shape index (κ2) is 6.74. The normalized spacial score (nSPS) is 24.7. The van der Waals surface area contributed by atoms with Crippen molar-refractivity contribution in [3.8, 4) is 5.88 Å². The molecule has 2 aliphatic rings. The predicted octanol–water partition coefficient (Wildman–Crippen LogP) is 1.13.